The van der Waals surface area contributed by atoms with Crippen molar-refractivity contribution in [3.63, 3.8) is 0 Å². The number of carbonyl (C=O) groups is 1. The summed E-state index contributed by atoms with van der Waals surface area (Å²) < 4.78 is 25.1. The van der Waals surface area contributed by atoms with Gasteiger partial charge in [0, 0.05) is 93.8 Å². The third-order valence-electron chi connectivity index (χ3n) is 9.63. The van der Waals surface area contributed by atoms with E-state index in [4.69, 9.17) is 18.9 Å². The average molecular weight is 603 g/mol. The summed E-state index contributed by atoms with van der Waals surface area (Å²) in [7, 11) is 5.17. The lowest BCUT2D eigenvalue weighted by Gasteiger charge is -2.42. The van der Waals surface area contributed by atoms with Crippen molar-refractivity contribution in [2.45, 2.75) is 44.7 Å². The van der Waals surface area contributed by atoms with E-state index in [1.807, 2.05) is 18.3 Å². The maximum atomic E-state index is 14.5. The number of fused-ring (bicyclic) bond motifs is 4. The van der Waals surface area contributed by atoms with Gasteiger partial charge in [-0.1, -0.05) is 26.0 Å². The van der Waals surface area contributed by atoms with Crippen molar-refractivity contribution in [3.8, 4) is 5.75 Å². The number of piperidine rings is 1. The van der Waals surface area contributed by atoms with E-state index < -0.39 is 5.41 Å². The Hall–Kier alpha value is -3.24. The third kappa shape index (κ3) is 5.55. The van der Waals surface area contributed by atoms with Gasteiger partial charge in [0.05, 0.1) is 37.7 Å². The van der Waals surface area contributed by atoms with Gasteiger partial charge in [0.2, 0.25) is 0 Å². The van der Waals surface area contributed by atoms with E-state index in [0.29, 0.717) is 38.0 Å². The Bertz CT molecular complexity index is 1530. The quantitative estimate of drug-likeness (QED) is 0.249. The van der Waals surface area contributed by atoms with Gasteiger partial charge in [-0.05, 0) is 42.2 Å². The predicted octanol–water partition coefficient (Wildman–Crippen LogP) is 4.53. The Morgan fingerprint density at radius 3 is 2.45 bits per heavy atom. The van der Waals surface area contributed by atoms with E-state index in [2.05, 4.69) is 51.4 Å². The van der Waals surface area contributed by atoms with E-state index in [9.17, 15) is 4.79 Å². The van der Waals surface area contributed by atoms with Gasteiger partial charge < -0.3 is 28.4 Å². The number of hydrogen-bond donors (Lipinski definition) is 0. The average Bonchev–Trinajstić information content (AvgIpc) is 3.38. The maximum absolute atomic E-state index is 14.5. The van der Waals surface area contributed by atoms with E-state index in [-0.39, 0.29) is 5.78 Å². The highest BCUT2D eigenvalue weighted by molar-refractivity contribution is 6.20. The number of nitrogens with zero attached hydrogens (tertiary/aromatic N) is 4. The van der Waals surface area contributed by atoms with Gasteiger partial charge >= 0.3 is 0 Å². The first-order chi connectivity index (χ1) is 21.4. The second-order valence-electron chi connectivity index (χ2n) is 12.6. The minimum atomic E-state index is -0.434. The van der Waals surface area contributed by atoms with Crippen LogP contribution in [0.2, 0.25) is 0 Å². The fraction of sp³-hybridized carbons (Fsp3) is 0.543. The van der Waals surface area contributed by atoms with Gasteiger partial charge in [-0.15, -0.1) is 0 Å². The molecule has 0 atom stereocenters. The van der Waals surface area contributed by atoms with Gasteiger partial charge in [0.25, 0.3) is 0 Å². The molecular formula is C35H46N4O5. The van der Waals surface area contributed by atoms with E-state index in [1.165, 1.54) is 0 Å². The number of aliphatic imine (C=N–C) groups is 1. The Balaban J connectivity index is 1.43. The lowest BCUT2D eigenvalue weighted by molar-refractivity contribution is 0.0115. The molecule has 0 amide bonds. The molecule has 0 bridgehead atoms. The van der Waals surface area contributed by atoms with Crippen LogP contribution < -0.4 is 9.64 Å². The number of ketones is 1. The highest BCUT2D eigenvalue weighted by atomic mass is 16.5. The van der Waals surface area contributed by atoms with Gasteiger partial charge in [0.1, 0.15) is 12.4 Å². The van der Waals surface area contributed by atoms with E-state index in [0.717, 1.165) is 97.0 Å². The molecule has 6 rings (SSSR count). The summed E-state index contributed by atoms with van der Waals surface area (Å²) in [6.45, 7) is 12.1. The number of hydrogen-bond acceptors (Lipinski definition) is 8. The van der Waals surface area contributed by atoms with Crippen LogP contribution in [0.1, 0.15) is 59.4 Å². The van der Waals surface area contributed by atoms with E-state index >= 15 is 0 Å². The molecule has 0 unspecified atom stereocenters. The number of anilines is 1. The van der Waals surface area contributed by atoms with Crippen molar-refractivity contribution in [1.82, 2.24) is 9.47 Å². The molecule has 0 spiro atoms. The molecule has 236 valence electrons. The van der Waals surface area contributed by atoms with Crippen molar-refractivity contribution in [2.24, 2.45) is 4.99 Å². The van der Waals surface area contributed by atoms with Crippen molar-refractivity contribution >= 4 is 28.6 Å². The first-order valence-electron chi connectivity index (χ1n) is 15.9. The van der Waals surface area contributed by atoms with Crippen molar-refractivity contribution in [2.75, 3.05) is 85.4 Å². The fourth-order valence-electron chi connectivity index (χ4n) is 7.44. The molecule has 3 heterocycles. The summed E-state index contributed by atoms with van der Waals surface area (Å²) in [4.78, 5) is 23.8. The van der Waals surface area contributed by atoms with Crippen LogP contribution in [0.15, 0.2) is 35.3 Å². The summed E-state index contributed by atoms with van der Waals surface area (Å²) in [5.74, 6) is 0.796. The van der Waals surface area contributed by atoms with Crippen LogP contribution in [0, 0.1) is 0 Å². The number of ether oxygens (including phenoxy) is 4. The monoisotopic (exact) mass is 602 g/mol. The molecule has 44 heavy (non-hydrogen) atoms. The first kappa shape index (κ1) is 30.8. The summed E-state index contributed by atoms with van der Waals surface area (Å²) in [5, 5.41) is 0.962. The number of aromatic nitrogens is 1. The van der Waals surface area contributed by atoms with Crippen LogP contribution in [0.25, 0.3) is 10.9 Å². The number of benzene rings is 2. The Kier molecular flexibility index (Phi) is 9.10. The van der Waals surface area contributed by atoms with Crippen LogP contribution in [-0.2, 0) is 26.2 Å². The van der Waals surface area contributed by atoms with Crippen LogP contribution in [0.4, 0.5) is 5.69 Å². The SMILES string of the molecule is C/N=C/c1ccc2c3c(n(CCOC)c2c1)C(C)(C)c1cc(N2CCC(N4CCOCC4)CC2)c(OCCOC)cc1C3=O. The predicted molar refractivity (Wildman–Crippen MR) is 174 cm³/mol. The van der Waals surface area contributed by atoms with Crippen LogP contribution in [0.3, 0.4) is 0 Å². The minimum Gasteiger partial charge on any atom is -0.489 e. The van der Waals surface area contributed by atoms with Gasteiger partial charge in [-0.3, -0.25) is 14.7 Å². The molecule has 2 fully saturated rings. The summed E-state index contributed by atoms with van der Waals surface area (Å²) >= 11 is 0. The van der Waals surface area contributed by atoms with Crippen LogP contribution in [0.5, 0.6) is 5.75 Å². The highest BCUT2D eigenvalue weighted by Gasteiger charge is 2.43. The van der Waals surface area contributed by atoms with Crippen LogP contribution in [-0.4, -0.2) is 108 Å². The molecule has 2 aromatic carbocycles. The summed E-state index contributed by atoms with van der Waals surface area (Å²) in [6, 6.07) is 11.0. The standard InChI is InChI=1S/C35H46N4O5/c1-35(2)28-22-30(38-10-8-25(9-11-38)37-12-16-43-17-13-37)31(44-19-18-42-5)21-27(28)33(40)32-26-7-6-24(23-36-3)20-29(26)39(34(32)35)14-15-41-4/h6-7,20-23,25H,8-19H2,1-5H3/b36-23+. The molecule has 1 aromatic heterocycles. The second kappa shape index (κ2) is 13.0. The van der Waals surface area contributed by atoms with Gasteiger partial charge in [0.15, 0.2) is 5.78 Å². The zero-order chi connectivity index (χ0) is 30.8. The molecule has 2 aliphatic heterocycles. The maximum Gasteiger partial charge on any atom is 0.195 e. The lowest BCUT2D eigenvalue weighted by atomic mass is 9.70. The van der Waals surface area contributed by atoms with E-state index in [1.54, 1.807) is 21.3 Å². The number of morpholine rings is 1. The van der Waals surface area contributed by atoms with Crippen molar-refractivity contribution in [3.05, 3.63) is 58.3 Å². The molecular weight excluding hydrogens is 556 g/mol. The van der Waals surface area contributed by atoms with Gasteiger partial charge in [-0.2, -0.15) is 0 Å². The topological polar surface area (TPSA) is 77.8 Å². The number of rotatable bonds is 10. The number of carbonyl (C=O) groups excluding carboxylic acids is 1. The summed E-state index contributed by atoms with van der Waals surface area (Å²) in [5.41, 5.74) is 6.23. The number of methoxy groups -OCH3 is 2. The molecule has 9 nitrogen and oxygen atoms in total. The molecule has 0 N–H and O–H groups in total. The first-order valence-corrected chi connectivity index (χ1v) is 15.9. The minimum absolute atomic E-state index is 0.0431. The highest BCUT2D eigenvalue weighted by Crippen LogP contribution is 2.48. The van der Waals surface area contributed by atoms with Crippen molar-refractivity contribution in [1.29, 1.82) is 0 Å². The molecule has 3 aromatic rings. The summed E-state index contributed by atoms with van der Waals surface area (Å²) in [6.07, 6.45) is 4.04. The zero-order valence-corrected chi connectivity index (χ0v) is 26.9. The van der Waals surface area contributed by atoms with Crippen LogP contribution >= 0.6 is 0 Å². The Morgan fingerprint density at radius 1 is 1.00 bits per heavy atom. The molecule has 2 saturated heterocycles. The molecule has 0 saturated carbocycles. The fourth-order valence-corrected chi connectivity index (χ4v) is 7.44. The largest absolute Gasteiger partial charge is 0.489 e. The third-order valence-corrected chi connectivity index (χ3v) is 9.63. The molecule has 3 aliphatic rings. The Morgan fingerprint density at radius 2 is 1.75 bits per heavy atom. The molecule has 1 aliphatic carbocycles. The Labute approximate surface area is 260 Å². The zero-order valence-electron chi connectivity index (χ0n) is 26.9. The normalized spacial score (nSPS) is 19.1. The smallest absolute Gasteiger partial charge is 0.195 e. The van der Waals surface area contributed by atoms with Crippen molar-refractivity contribution < 1.29 is 23.7 Å². The van der Waals surface area contributed by atoms with Gasteiger partial charge in [-0.25, -0.2) is 0 Å². The second-order valence-corrected chi connectivity index (χ2v) is 12.6. The molecule has 0 radical (unpaired) electrons. The lowest BCUT2D eigenvalue weighted by Crippen LogP contribution is -2.49. The molecule has 9 heteroatoms.